The van der Waals surface area contributed by atoms with E-state index in [0.29, 0.717) is 13.1 Å². The summed E-state index contributed by atoms with van der Waals surface area (Å²) in [5.41, 5.74) is 2.17. The minimum absolute atomic E-state index is 0.114. The summed E-state index contributed by atoms with van der Waals surface area (Å²) in [5.74, 6) is -0.552. The third-order valence-corrected chi connectivity index (χ3v) is 8.48. The molecule has 2 saturated heterocycles. The predicted octanol–water partition coefficient (Wildman–Crippen LogP) is 2.26. The van der Waals surface area contributed by atoms with Crippen LogP contribution in [-0.2, 0) is 20.9 Å². The summed E-state index contributed by atoms with van der Waals surface area (Å²) < 4.78 is 0. The Morgan fingerprint density at radius 3 is 2.30 bits per heavy atom. The van der Waals surface area contributed by atoms with Gasteiger partial charge in [-0.05, 0) is 18.3 Å². The van der Waals surface area contributed by atoms with Gasteiger partial charge >= 0.3 is 0 Å². The van der Waals surface area contributed by atoms with Crippen molar-refractivity contribution in [3.63, 3.8) is 0 Å². The monoisotopic (exact) mass is 462 g/mol. The van der Waals surface area contributed by atoms with Crippen LogP contribution in [0.3, 0.4) is 0 Å². The van der Waals surface area contributed by atoms with E-state index in [-0.39, 0.29) is 47.9 Å². The molecule has 2 aromatic rings. The van der Waals surface area contributed by atoms with E-state index in [1.54, 1.807) is 16.2 Å². The second-order valence-corrected chi connectivity index (χ2v) is 10.3. The van der Waals surface area contributed by atoms with Gasteiger partial charge in [0.2, 0.25) is 17.7 Å². The summed E-state index contributed by atoms with van der Waals surface area (Å²) in [7, 11) is 0. The van der Waals surface area contributed by atoms with Crippen LogP contribution in [0.5, 0.6) is 0 Å². The van der Waals surface area contributed by atoms with Crippen LogP contribution >= 0.6 is 11.3 Å². The SMILES string of the molecule is O=C(CN1C(=O)C2C3C=CC(C3)C2C1=O)N1CCN(Cc2csc(-c3ccccc3)n2)CC1. The summed E-state index contributed by atoms with van der Waals surface area (Å²) >= 11 is 1.65. The molecule has 2 bridgehead atoms. The van der Waals surface area contributed by atoms with Crippen molar-refractivity contribution < 1.29 is 14.4 Å². The number of benzene rings is 1. The highest BCUT2D eigenvalue weighted by molar-refractivity contribution is 7.13. The molecule has 2 aliphatic carbocycles. The largest absolute Gasteiger partial charge is 0.339 e. The quantitative estimate of drug-likeness (QED) is 0.504. The van der Waals surface area contributed by atoms with Crippen LogP contribution in [0.25, 0.3) is 10.6 Å². The van der Waals surface area contributed by atoms with Crippen LogP contribution in [0.1, 0.15) is 12.1 Å². The highest BCUT2D eigenvalue weighted by Gasteiger charge is 2.59. The molecule has 3 fully saturated rings. The van der Waals surface area contributed by atoms with E-state index in [2.05, 4.69) is 34.6 Å². The first-order valence-electron chi connectivity index (χ1n) is 11.6. The Morgan fingerprint density at radius 2 is 1.64 bits per heavy atom. The van der Waals surface area contributed by atoms with E-state index in [4.69, 9.17) is 4.98 Å². The molecule has 1 aromatic heterocycles. The molecule has 170 valence electrons. The van der Waals surface area contributed by atoms with Crippen LogP contribution in [0.2, 0.25) is 0 Å². The van der Waals surface area contributed by atoms with Crippen molar-refractivity contribution in [2.24, 2.45) is 23.7 Å². The Balaban J connectivity index is 1.02. The predicted molar refractivity (Wildman–Crippen MR) is 124 cm³/mol. The Hall–Kier alpha value is -2.84. The van der Waals surface area contributed by atoms with E-state index in [9.17, 15) is 14.4 Å². The molecule has 8 heteroatoms. The maximum atomic E-state index is 12.9. The molecule has 0 radical (unpaired) electrons. The Morgan fingerprint density at radius 1 is 0.970 bits per heavy atom. The molecule has 4 unspecified atom stereocenters. The standard InChI is InChI=1S/C25H26N4O3S/c30-20(14-29-24(31)21-17-6-7-18(12-17)22(21)25(29)32)28-10-8-27(9-11-28)13-19-15-33-23(26-19)16-4-2-1-3-5-16/h1-7,15,17-18,21-22H,8-14H2. The first-order valence-corrected chi connectivity index (χ1v) is 12.5. The number of piperazine rings is 1. The highest BCUT2D eigenvalue weighted by atomic mass is 32.1. The Bertz CT molecular complexity index is 1090. The number of aromatic nitrogens is 1. The highest BCUT2D eigenvalue weighted by Crippen LogP contribution is 2.52. The lowest BCUT2D eigenvalue weighted by molar-refractivity contribution is -0.147. The van der Waals surface area contributed by atoms with Gasteiger partial charge in [0, 0.05) is 43.7 Å². The molecule has 2 aliphatic heterocycles. The van der Waals surface area contributed by atoms with Crippen LogP contribution in [0, 0.1) is 23.7 Å². The second-order valence-electron chi connectivity index (χ2n) is 9.43. The summed E-state index contributed by atoms with van der Waals surface area (Å²) in [6.45, 7) is 3.36. The van der Waals surface area contributed by atoms with E-state index in [1.807, 2.05) is 18.2 Å². The van der Waals surface area contributed by atoms with Crippen molar-refractivity contribution in [2.75, 3.05) is 32.7 Å². The maximum Gasteiger partial charge on any atom is 0.242 e. The van der Waals surface area contributed by atoms with Crippen molar-refractivity contribution >= 4 is 29.1 Å². The molecular formula is C25H26N4O3S. The average Bonchev–Trinajstić information content (AvgIpc) is 3.62. The second kappa shape index (κ2) is 8.18. The topological polar surface area (TPSA) is 73.8 Å². The minimum Gasteiger partial charge on any atom is -0.339 e. The fourth-order valence-corrected chi connectivity index (χ4v) is 6.65. The zero-order valence-electron chi connectivity index (χ0n) is 18.3. The van der Waals surface area contributed by atoms with Gasteiger partial charge in [-0.3, -0.25) is 24.2 Å². The van der Waals surface area contributed by atoms with Crippen molar-refractivity contribution in [1.82, 2.24) is 19.7 Å². The van der Waals surface area contributed by atoms with Crippen LogP contribution < -0.4 is 0 Å². The number of hydrogen-bond donors (Lipinski definition) is 0. The van der Waals surface area contributed by atoms with Crippen LogP contribution in [-0.4, -0.2) is 70.1 Å². The number of imide groups is 1. The molecule has 4 aliphatic rings. The van der Waals surface area contributed by atoms with E-state index in [1.165, 1.54) is 4.90 Å². The normalized spacial score (nSPS) is 28.7. The van der Waals surface area contributed by atoms with E-state index in [0.717, 1.165) is 42.3 Å². The number of thiazole rings is 1. The first-order chi connectivity index (χ1) is 16.1. The van der Waals surface area contributed by atoms with Crippen LogP contribution in [0.4, 0.5) is 0 Å². The zero-order valence-corrected chi connectivity index (χ0v) is 19.1. The molecule has 0 spiro atoms. The van der Waals surface area contributed by atoms with Gasteiger partial charge in [0.15, 0.2) is 0 Å². The summed E-state index contributed by atoms with van der Waals surface area (Å²) in [5, 5.41) is 3.12. The molecule has 7 nitrogen and oxygen atoms in total. The first kappa shape index (κ1) is 20.7. The Kier molecular flexibility index (Phi) is 5.14. The maximum absolute atomic E-state index is 12.9. The lowest BCUT2D eigenvalue weighted by Gasteiger charge is -2.35. The summed E-state index contributed by atoms with van der Waals surface area (Å²) in [4.78, 5) is 48.7. The van der Waals surface area contributed by atoms with Gasteiger partial charge in [-0.1, -0.05) is 42.5 Å². The molecule has 1 saturated carbocycles. The minimum atomic E-state index is -0.240. The number of fused-ring (bicyclic) bond motifs is 5. The van der Waals surface area contributed by atoms with Gasteiger partial charge in [-0.2, -0.15) is 0 Å². The number of nitrogens with zero attached hydrogens (tertiary/aromatic N) is 4. The van der Waals surface area contributed by atoms with Gasteiger partial charge < -0.3 is 4.90 Å². The zero-order chi connectivity index (χ0) is 22.5. The number of allylic oxidation sites excluding steroid dienone is 2. The molecule has 4 atom stereocenters. The molecule has 3 heterocycles. The molecular weight excluding hydrogens is 436 g/mol. The number of rotatable bonds is 5. The van der Waals surface area contributed by atoms with Gasteiger partial charge in [-0.25, -0.2) is 4.98 Å². The van der Waals surface area contributed by atoms with E-state index >= 15 is 0 Å². The van der Waals surface area contributed by atoms with Crippen molar-refractivity contribution in [3.8, 4) is 10.6 Å². The third kappa shape index (κ3) is 3.61. The fraction of sp³-hybridized carbons (Fsp3) is 0.440. The molecule has 1 aromatic carbocycles. The number of carbonyl (C=O) groups is 3. The molecule has 6 rings (SSSR count). The average molecular weight is 463 g/mol. The molecule has 33 heavy (non-hydrogen) atoms. The third-order valence-electron chi connectivity index (χ3n) is 7.54. The molecule has 3 amide bonds. The smallest absolute Gasteiger partial charge is 0.242 e. The van der Waals surface area contributed by atoms with Gasteiger partial charge in [0.25, 0.3) is 0 Å². The van der Waals surface area contributed by atoms with Crippen molar-refractivity contribution in [3.05, 3.63) is 53.6 Å². The van der Waals surface area contributed by atoms with Gasteiger partial charge in [0.1, 0.15) is 11.6 Å². The van der Waals surface area contributed by atoms with Crippen molar-refractivity contribution in [2.45, 2.75) is 13.0 Å². The lowest BCUT2D eigenvalue weighted by Crippen LogP contribution is -2.51. The number of hydrogen-bond acceptors (Lipinski definition) is 6. The number of carbonyl (C=O) groups excluding carboxylic acids is 3. The lowest BCUT2D eigenvalue weighted by atomic mass is 9.85. The number of amides is 3. The number of likely N-dealkylation sites (tertiary alicyclic amines) is 1. The van der Waals surface area contributed by atoms with Gasteiger partial charge in [-0.15, -0.1) is 11.3 Å². The van der Waals surface area contributed by atoms with Crippen LogP contribution in [0.15, 0.2) is 47.9 Å². The fourth-order valence-electron chi connectivity index (χ4n) is 5.83. The summed E-state index contributed by atoms with van der Waals surface area (Å²) in [6.07, 6.45) is 5.06. The summed E-state index contributed by atoms with van der Waals surface area (Å²) in [6, 6.07) is 10.2. The molecule has 0 N–H and O–H groups in total. The van der Waals surface area contributed by atoms with Gasteiger partial charge in [0.05, 0.1) is 17.5 Å². The Labute approximate surface area is 196 Å². The van der Waals surface area contributed by atoms with E-state index < -0.39 is 0 Å². The van der Waals surface area contributed by atoms with Crippen molar-refractivity contribution in [1.29, 1.82) is 0 Å².